The summed E-state index contributed by atoms with van der Waals surface area (Å²) in [5.41, 5.74) is 2.98. The highest BCUT2D eigenvalue weighted by Crippen LogP contribution is 2.33. The molecule has 2 aliphatic rings. The molecule has 1 unspecified atom stereocenters. The van der Waals surface area contributed by atoms with E-state index in [0.717, 1.165) is 26.2 Å². The van der Waals surface area contributed by atoms with Crippen LogP contribution in [0.25, 0.3) is 0 Å². The van der Waals surface area contributed by atoms with E-state index in [2.05, 4.69) is 29.6 Å². The molecule has 0 bridgehead atoms. The number of carbonyl (C=O) groups is 1. The second-order valence-electron chi connectivity index (χ2n) is 5.64. The van der Waals surface area contributed by atoms with E-state index >= 15 is 0 Å². The van der Waals surface area contributed by atoms with E-state index in [9.17, 15) is 4.79 Å². The molecule has 102 valence electrons. The lowest BCUT2D eigenvalue weighted by Gasteiger charge is -2.30. The van der Waals surface area contributed by atoms with Crippen molar-refractivity contribution in [2.45, 2.75) is 31.6 Å². The van der Waals surface area contributed by atoms with Crippen molar-refractivity contribution >= 4 is 5.91 Å². The molecule has 1 aromatic carbocycles. The van der Waals surface area contributed by atoms with Crippen LogP contribution in [-0.2, 0) is 11.2 Å². The van der Waals surface area contributed by atoms with Gasteiger partial charge in [0.1, 0.15) is 0 Å². The van der Waals surface area contributed by atoms with Crippen LogP contribution in [0.2, 0.25) is 0 Å². The van der Waals surface area contributed by atoms with Crippen LogP contribution < -0.4 is 5.32 Å². The molecule has 0 radical (unpaired) electrons. The first-order valence-corrected chi connectivity index (χ1v) is 7.41. The van der Waals surface area contributed by atoms with E-state index in [1.807, 2.05) is 4.90 Å². The molecule has 1 fully saturated rings. The molecule has 3 rings (SSSR count). The van der Waals surface area contributed by atoms with Gasteiger partial charge >= 0.3 is 0 Å². The van der Waals surface area contributed by atoms with Crippen molar-refractivity contribution in [1.82, 2.24) is 10.2 Å². The van der Waals surface area contributed by atoms with Crippen LogP contribution in [0, 0.1) is 0 Å². The predicted octanol–water partition coefficient (Wildman–Crippen LogP) is 1.93. The Labute approximate surface area is 115 Å². The van der Waals surface area contributed by atoms with Crippen molar-refractivity contribution in [3.63, 3.8) is 0 Å². The summed E-state index contributed by atoms with van der Waals surface area (Å²) in [6.45, 7) is 3.75. The maximum absolute atomic E-state index is 11.9. The summed E-state index contributed by atoms with van der Waals surface area (Å²) in [5, 5.41) is 3.44. The first-order chi connectivity index (χ1) is 9.34. The molecule has 3 nitrogen and oxygen atoms in total. The van der Waals surface area contributed by atoms with E-state index in [4.69, 9.17) is 0 Å². The number of fused-ring (bicyclic) bond motifs is 1. The van der Waals surface area contributed by atoms with Gasteiger partial charge in [-0.25, -0.2) is 0 Å². The van der Waals surface area contributed by atoms with Gasteiger partial charge in [-0.1, -0.05) is 24.3 Å². The Hall–Kier alpha value is -1.35. The van der Waals surface area contributed by atoms with Crippen molar-refractivity contribution in [3.05, 3.63) is 35.4 Å². The molecule has 1 atom stereocenters. The fourth-order valence-corrected chi connectivity index (χ4v) is 3.14. The summed E-state index contributed by atoms with van der Waals surface area (Å²) in [7, 11) is 0. The normalized spacial score (nSPS) is 21.1. The van der Waals surface area contributed by atoms with Gasteiger partial charge in [-0.2, -0.15) is 0 Å². The van der Waals surface area contributed by atoms with Crippen LogP contribution in [0.15, 0.2) is 24.3 Å². The fraction of sp³-hybridized carbons (Fsp3) is 0.562. The van der Waals surface area contributed by atoms with E-state index in [1.54, 1.807) is 0 Å². The summed E-state index contributed by atoms with van der Waals surface area (Å²) >= 11 is 0. The van der Waals surface area contributed by atoms with Gasteiger partial charge in [0, 0.05) is 38.5 Å². The average Bonchev–Trinajstić information content (AvgIpc) is 2.93. The Balaban J connectivity index is 1.35. The van der Waals surface area contributed by atoms with Crippen LogP contribution in [0.1, 0.15) is 36.3 Å². The number of hydrogen-bond donors (Lipinski definition) is 1. The van der Waals surface area contributed by atoms with Crippen LogP contribution >= 0.6 is 0 Å². The van der Waals surface area contributed by atoms with Crippen LogP contribution in [0.5, 0.6) is 0 Å². The number of hydrogen-bond acceptors (Lipinski definition) is 2. The lowest BCUT2D eigenvalue weighted by molar-refractivity contribution is -0.130. The van der Waals surface area contributed by atoms with Crippen LogP contribution in [0.3, 0.4) is 0 Å². The molecule has 0 aromatic heterocycles. The summed E-state index contributed by atoms with van der Waals surface area (Å²) < 4.78 is 0. The molecule has 1 saturated heterocycles. The van der Waals surface area contributed by atoms with Gasteiger partial charge in [0.15, 0.2) is 0 Å². The van der Waals surface area contributed by atoms with Crippen molar-refractivity contribution in [3.8, 4) is 0 Å². The molecule has 1 aliphatic heterocycles. The number of nitrogens with zero attached hydrogens (tertiary/aromatic N) is 1. The zero-order valence-electron chi connectivity index (χ0n) is 11.4. The highest BCUT2D eigenvalue weighted by molar-refractivity contribution is 5.76. The van der Waals surface area contributed by atoms with Crippen LogP contribution in [-0.4, -0.2) is 37.0 Å². The first kappa shape index (κ1) is 12.7. The monoisotopic (exact) mass is 258 g/mol. The second-order valence-corrected chi connectivity index (χ2v) is 5.64. The SMILES string of the molecule is O=C(CCNCC1Cc2ccccc21)N1CCCC1. The van der Waals surface area contributed by atoms with Crippen molar-refractivity contribution < 1.29 is 4.79 Å². The third-order valence-corrected chi connectivity index (χ3v) is 4.33. The highest BCUT2D eigenvalue weighted by Gasteiger charge is 2.24. The van der Waals surface area contributed by atoms with Gasteiger partial charge in [0.2, 0.25) is 5.91 Å². The Bertz CT molecular complexity index is 452. The fourth-order valence-electron chi connectivity index (χ4n) is 3.14. The van der Waals surface area contributed by atoms with E-state index in [0.29, 0.717) is 18.2 Å². The predicted molar refractivity (Wildman–Crippen MR) is 76.2 cm³/mol. The molecule has 19 heavy (non-hydrogen) atoms. The molecule has 1 aromatic rings. The summed E-state index contributed by atoms with van der Waals surface area (Å²) in [4.78, 5) is 13.9. The van der Waals surface area contributed by atoms with Gasteiger partial charge < -0.3 is 10.2 Å². The molecule has 1 N–H and O–H groups in total. The van der Waals surface area contributed by atoms with Crippen molar-refractivity contribution in [2.75, 3.05) is 26.2 Å². The maximum atomic E-state index is 11.9. The summed E-state index contributed by atoms with van der Waals surface area (Å²) in [5.74, 6) is 0.970. The average molecular weight is 258 g/mol. The molecule has 0 saturated carbocycles. The maximum Gasteiger partial charge on any atom is 0.223 e. The van der Waals surface area contributed by atoms with Gasteiger partial charge in [0.25, 0.3) is 0 Å². The zero-order valence-corrected chi connectivity index (χ0v) is 11.4. The Morgan fingerprint density at radius 3 is 2.84 bits per heavy atom. The van der Waals surface area contributed by atoms with Gasteiger partial charge in [-0.3, -0.25) is 4.79 Å². The molecule has 1 heterocycles. The summed E-state index contributed by atoms with van der Waals surface area (Å²) in [6.07, 6.45) is 4.19. The minimum absolute atomic E-state index is 0.319. The minimum atomic E-state index is 0.319. The van der Waals surface area contributed by atoms with E-state index in [1.165, 1.54) is 30.4 Å². The molecule has 0 spiro atoms. The molecule has 1 aliphatic carbocycles. The van der Waals surface area contributed by atoms with Crippen LogP contribution in [0.4, 0.5) is 0 Å². The molecular formula is C16H22N2O. The largest absolute Gasteiger partial charge is 0.343 e. The second kappa shape index (κ2) is 5.74. The third kappa shape index (κ3) is 2.81. The lowest BCUT2D eigenvalue weighted by Crippen LogP contribution is -2.33. The number of rotatable bonds is 5. The zero-order chi connectivity index (χ0) is 13.1. The summed E-state index contributed by atoms with van der Waals surface area (Å²) in [6, 6.07) is 8.66. The topological polar surface area (TPSA) is 32.3 Å². The molecule has 1 amide bonds. The van der Waals surface area contributed by atoms with Crippen molar-refractivity contribution in [1.29, 1.82) is 0 Å². The first-order valence-electron chi connectivity index (χ1n) is 7.41. The smallest absolute Gasteiger partial charge is 0.223 e. The number of carbonyl (C=O) groups excluding carboxylic acids is 1. The minimum Gasteiger partial charge on any atom is -0.343 e. The highest BCUT2D eigenvalue weighted by atomic mass is 16.2. The Morgan fingerprint density at radius 1 is 1.26 bits per heavy atom. The van der Waals surface area contributed by atoms with Gasteiger partial charge in [-0.15, -0.1) is 0 Å². The van der Waals surface area contributed by atoms with Gasteiger partial charge in [-0.05, 0) is 30.4 Å². The number of likely N-dealkylation sites (tertiary alicyclic amines) is 1. The van der Waals surface area contributed by atoms with Gasteiger partial charge in [0.05, 0.1) is 0 Å². The standard InChI is InChI=1S/C16H22N2O/c19-16(18-9-3-4-10-18)7-8-17-12-14-11-13-5-1-2-6-15(13)14/h1-2,5-6,14,17H,3-4,7-12H2. The number of amides is 1. The van der Waals surface area contributed by atoms with E-state index < -0.39 is 0 Å². The Morgan fingerprint density at radius 2 is 2.05 bits per heavy atom. The molecule has 3 heteroatoms. The van der Waals surface area contributed by atoms with Crippen molar-refractivity contribution in [2.24, 2.45) is 0 Å². The molecular weight excluding hydrogens is 236 g/mol. The number of nitrogens with one attached hydrogen (secondary N) is 1. The quantitative estimate of drug-likeness (QED) is 0.819. The Kier molecular flexibility index (Phi) is 3.83. The third-order valence-electron chi connectivity index (χ3n) is 4.33. The number of benzene rings is 1. The lowest BCUT2D eigenvalue weighted by atomic mass is 9.77. The van der Waals surface area contributed by atoms with E-state index in [-0.39, 0.29) is 0 Å².